The molecule has 0 aromatic heterocycles. The normalized spacial score (nSPS) is 17.7. The molecule has 0 radical (unpaired) electrons. The van der Waals surface area contributed by atoms with Crippen molar-refractivity contribution in [3.05, 3.63) is 64.7 Å². The Hall–Kier alpha value is -3.04. The maximum absolute atomic E-state index is 13.0. The zero-order valence-electron chi connectivity index (χ0n) is 17.2. The number of hydrogen-bond acceptors (Lipinski definition) is 6. The van der Waals surface area contributed by atoms with E-state index in [-0.39, 0.29) is 42.0 Å². The van der Waals surface area contributed by atoms with Gasteiger partial charge in [0.15, 0.2) is 0 Å². The van der Waals surface area contributed by atoms with Crippen molar-refractivity contribution >= 4 is 27.8 Å². The number of amides is 2. The first-order valence-electron chi connectivity index (χ1n) is 9.97. The van der Waals surface area contributed by atoms with Gasteiger partial charge in [-0.25, -0.2) is 13.2 Å². The van der Waals surface area contributed by atoms with Crippen molar-refractivity contribution in [2.24, 2.45) is 5.92 Å². The Labute approximate surface area is 180 Å². The molecule has 2 aromatic carbocycles. The maximum atomic E-state index is 13.0. The van der Waals surface area contributed by atoms with Gasteiger partial charge < -0.3 is 4.84 Å². The predicted octanol–water partition coefficient (Wildman–Crippen LogP) is 2.46. The number of aryl methyl sites for hydroxylation is 2. The molecule has 2 aliphatic rings. The van der Waals surface area contributed by atoms with E-state index in [2.05, 4.69) is 0 Å². The lowest BCUT2D eigenvalue weighted by atomic mass is 9.99. The maximum Gasteiger partial charge on any atom is 0.336 e. The highest BCUT2D eigenvalue weighted by molar-refractivity contribution is 7.89. The van der Waals surface area contributed by atoms with Crippen LogP contribution in [0.4, 0.5) is 0 Å². The minimum Gasteiger partial charge on any atom is -0.329 e. The largest absolute Gasteiger partial charge is 0.336 e. The number of hydrogen-bond donors (Lipinski definition) is 0. The number of rotatable bonds is 4. The average molecular weight is 442 g/mol. The minimum atomic E-state index is -3.67. The van der Waals surface area contributed by atoms with Crippen LogP contribution in [0.5, 0.6) is 0 Å². The van der Waals surface area contributed by atoms with Gasteiger partial charge in [-0.1, -0.05) is 34.9 Å². The van der Waals surface area contributed by atoms with Crippen LogP contribution >= 0.6 is 0 Å². The van der Waals surface area contributed by atoms with Gasteiger partial charge in [0.2, 0.25) is 10.0 Å². The third-order valence-corrected chi connectivity index (χ3v) is 7.73. The molecule has 1 saturated heterocycles. The number of carbonyl (C=O) groups excluding carboxylic acids is 3. The molecule has 9 heteroatoms. The molecule has 2 aliphatic heterocycles. The summed E-state index contributed by atoms with van der Waals surface area (Å²) in [7, 11) is -3.67. The Bertz CT molecular complexity index is 1150. The lowest BCUT2D eigenvalue weighted by molar-refractivity contribution is -0.175. The average Bonchev–Trinajstić information content (AvgIpc) is 2.98. The van der Waals surface area contributed by atoms with Crippen LogP contribution in [0.15, 0.2) is 47.4 Å². The molecule has 0 N–H and O–H groups in total. The standard InChI is InChI=1S/C22H22N2O6S/c1-14-7-8-19(15(2)13-14)31(28,29)23-11-9-16(10-12-23)22(27)30-24-20(25)17-5-3-4-6-18(17)21(24)26/h3-8,13,16H,9-12H2,1-2H3. The van der Waals surface area contributed by atoms with E-state index in [9.17, 15) is 22.8 Å². The first-order chi connectivity index (χ1) is 14.7. The highest BCUT2D eigenvalue weighted by atomic mass is 32.2. The number of sulfonamides is 1. The van der Waals surface area contributed by atoms with Crippen LogP contribution in [0.1, 0.15) is 44.7 Å². The molecule has 2 aromatic rings. The summed E-state index contributed by atoms with van der Waals surface area (Å²) in [6.07, 6.45) is 0.484. The summed E-state index contributed by atoms with van der Waals surface area (Å²) < 4.78 is 27.4. The number of carbonyl (C=O) groups is 3. The van der Waals surface area contributed by atoms with Gasteiger partial charge in [-0.15, -0.1) is 0 Å². The molecular weight excluding hydrogens is 420 g/mol. The van der Waals surface area contributed by atoms with Crippen LogP contribution in [0.2, 0.25) is 0 Å². The van der Waals surface area contributed by atoms with E-state index in [0.717, 1.165) is 5.56 Å². The fourth-order valence-corrected chi connectivity index (χ4v) is 5.65. The summed E-state index contributed by atoms with van der Waals surface area (Å²) in [5.74, 6) is -2.67. The first kappa shape index (κ1) is 21.2. The molecule has 162 valence electrons. The molecule has 1 fully saturated rings. The molecule has 0 spiro atoms. The second kappa shape index (κ2) is 7.90. The van der Waals surface area contributed by atoms with Gasteiger partial charge >= 0.3 is 5.97 Å². The summed E-state index contributed by atoms with van der Waals surface area (Å²) in [5.41, 5.74) is 2.03. The van der Waals surface area contributed by atoms with E-state index in [1.165, 1.54) is 16.4 Å². The van der Waals surface area contributed by atoms with E-state index < -0.39 is 33.7 Å². The summed E-state index contributed by atoms with van der Waals surface area (Å²) in [5, 5.41) is 0.492. The van der Waals surface area contributed by atoms with Crippen LogP contribution in [-0.4, -0.2) is 48.7 Å². The van der Waals surface area contributed by atoms with Gasteiger partial charge in [0.25, 0.3) is 11.8 Å². The van der Waals surface area contributed by atoms with Crippen molar-refractivity contribution < 1.29 is 27.6 Å². The highest BCUT2D eigenvalue weighted by Crippen LogP contribution is 2.28. The number of hydroxylamine groups is 2. The van der Waals surface area contributed by atoms with Gasteiger partial charge in [-0.2, -0.15) is 4.31 Å². The van der Waals surface area contributed by atoms with Gasteiger partial charge in [-0.3, -0.25) is 9.59 Å². The smallest absolute Gasteiger partial charge is 0.329 e. The number of benzene rings is 2. The Morgan fingerprint density at radius 1 is 0.968 bits per heavy atom. The summed E-state index contributed by atoms with van der Waals surface area (Å²) >= 11 is 0. The van der Waals surface area contributed by atoms with Crippen LogP contribution < -0.4 is 0 Å². The van der Waals surface area contributed by atoms with Crippen molar-refractivity contribution in [2.45, 2.75) is 31.6 Å². The van der Waals surface area contributed by atoms with E-state index >= 15 is 0 Å². The molecule has 4 rings (SSSR count). The monoisotopic (exact) mass is 442 g/mol. The first-order valence-corrected chi connectivity index (χ1v) is 11.4. The fourth-order valence-electron chi connectivity index (χ4n) is 3.97. The van der Waals surface area contributed by atoms with Gasteiger partial charge in [0.1, 0.15) is 0 Å². The Morgan fingerprint density at radius 2 is 1.55 bits per heavy atom. The molecule has 8 nitrogen and oxygen atoms in total. The fraction of sp³-hybridized carbons (Fsp3) is 0.318. The molecule has 2 heterocycles. The Kier molecular flexibility index (Phi) is 5.40. The van der Waals surface area contributed by atoms with Crippen LogP contribution in [0.25, 0.3) is 0 Å². The summed E-state index contributed by atoms with van der Waals surface area (Å²) in [6.45, 7) is 3.95. The SMILES string of the molecule is Cc1ccc(S(=O)(=O)N2CCC(C(=O)ON3C(=O)c4ccccc4C3=O)CC2)c(C)c1. The molecule has 2 amide bonds. The van der Waals surface area contributed by atoms with Crippen molar-refractivity contribution in [2.75, 3.05) is 13.1 Å². The molecule has 0 bridgehead atoms. The van der Waals surface area contributed by atoms with Crippen molar-refractivity contribution in [1.29, 1.82) is 0 Å². The van der Waals surface area contributed by atoms with Crippen LogP contribution in [-0.2, 0) is 19.7 Å². The van der Waals surface area contributed by atoms with Crippen LogP contribution in [0, 0.1) is 19.8 Å². The molecule has 0 unspecified atom stereocenters. The van der Waals surface area contributed by atoms with E-state index in [1.807, 2.05) is 13.0 Å². The molecule has 31 heavy (non-hydrogen) atoms. The molecule has 0 aliphatic carbocycles. The molecular formula is C22H22N2O6S. The zero-order valence-corrected chi connectivity index (χ0v) is 18.0. The Morgan fingerprint density at radius 3 is 2.10 bits per heavy atom. The summed E-state index contributed by atoms with van der Waals surface area (Å²) in [4.78, 5) is 42.7. The van der Waals surface area contributed by atoms with E-state index in [0.29, 0.717) is 10.6 Å². The van der Waals surface area contributed by atoms with Crippen molar-refractivity contribution in [1.82, 2.24) is 9.37 Å². The highest BCUT2D eigenvalue weighted by Gasteiger charge is 2.41. The topological polar surface area (TPSA) is 101 Å². The zero-order chi connectivity index (χ0) is 22.3. The van der Waals surface area contributed by atoms with E-state index in [4.69, 9.17) is 4.84 Å². The third-order valence-electron chi connectivity index (χ3n) is 5.67. The van der Waals surface area contributed by atoms with Gasteiger partial charge in [0, 0.05) is 13.1 Å². The number of imide groups is 1. The van der Waals surface area contributed by atoms with Crippen molar-refractivity contribution in [3.63, 3.8) is 0 Å². The molecule has 0 saturated carbocycles. The summed E-state index contributed by atoms with van der Waals surface area (Å²) in [6, 6.07) is 11.4. The number of nitrogens with zero attached hydrogens (tertiary/aromatic N) is 2. The lowest BCUT2D eigenvalue weighted by Gasteiger charge is -2.30. The lowest BCUT2D eigenvalue weighted by Crippen LogP contribution is -2.42. The van der Waals surface area contributed by atoms with Crippen molar-refractivity contribution in [3.8, 4) is 0 Å². The molecule has 0 atom stereocenters. The van der Waals surface area contributed by atoms with Gasteiger partial charge in [0.05, 0.1) is 21.9 Å². The number of piperidine rings is 1. The Balaban J connectivity index is 1.41. The second-order valence-corrected chi connectivity index (χ2v) is 9.71. The minimum absolute atomic E-state index is 0.150. The predicted molar refractivity (Wildman–Crippen MR) is 110 cm³/mol. The van der Waals surface area contributed by atoms with Gasteiger partial charge in [-0.05, 0) is 50.5 Å². The third kappa shape index (κ3) is 3.75. The quantitative estimate of drug-likeness (QED) is 0.674. The van der Waals surface area contributed by atoms with E-state index in [1.54, 1.807) is 31.2 Å². The number of fused-ring (bicyclic) bond motifs is 1. The second-order valence-electron chi connectivity index (χ2n) is 7.81. The van der Waals surface area contributed by atoms with Crippen LogP contribution in [0.3, 0.4) is 0 Å².